The summed E-state index contributed by atoms with van der Waals surface area (Å²) in [6, 6.07) is 0. The van der Waals surface area contributed by atoms with E-state index in [1.54, 1.807) is 0 Å². The van der Waals surface area contributed by atoms with Gasteiger partial charge in [-0.2, -0.15) is 0 Å². The Labute approximate surface area is 68.9 Å². The minimum absolute atomic E-state index is 0.661. The van der Waals surface area contributed by atoms with Crippen LogP contribution in [0.15, 0.2) is 0 Å². The highest BCUT2D eigenvalue weighted by molar-refractivity contribution is 6.44. The maximum atomic E-state index is 10.8. The van der Waals surface area contributed by atoms with Crippen molar-refractivity contribution in [1.29, 1.82) is 0 Å². The largest absolute Gasteiger partial charge is 0.363 e. The zero-order valence-electron chi connectivity index (χ0n) is 6.79. The van der Waals surface area contributed by atoms with E-state index in [2.05, 4.69) is 5.73 Å². The molecule has 5 heteroatoms. The first-order valence-electron chi connectivity index (χ1n) is 3.22. The first-order chi connectivity index (χ1) is 5.37. The number of primary amides is 1. The van der Waals surface area contributed by atoms with Crippen LogP contribution in [0.2, 0.25) is 0 Å². The molecule has 0 spiro atoms. The summed E-state index contributed by atoms with van der Waals surface area (Å²) in [5.74, 6) is -5.24. The number of nitrogens with two attached hydrogens (primary N) is 1. The fourth-order valence-corrected chi connectivity index (χ4v) is 0.798. The van der Waals surface area contributed by atoms with Gasteiger partial charge in [-0.25, -0.2) is 0 Å². The smallest absolute Gasteiger partial charge is 0.286 e. The average Bonchev–Trinajstić information content (AvgIpc) is 1.85. The zero-order valence-corrected chi connectivity index (χ0v) is 6.79. The van der Waals surface area contributed by atoms with Crippen molar-refractivity contribution in [2.24, 2.45) is 11.7 Å². The lowest BCUT2D eigenvalue weighted by Gasteiger charge is -2.04. The van der Waals surface area contributed by atoms with E-state index in [1.165, 1.54) is 0 Å². The summed E-state index contributed by atoms with van der Waals surface area (Å²) in [7, 11) is 0. The third-order valence-electron chi connectivity index (χ3n) is 1.32. The van der Waals surface area contributed by atoms with Crippen molar-refractivity contribution in [3.63, 3.8) is 0 Å². The molecule has 0 unspecified atom stereocenters. The average molecular weight is 171 g/mol. The Kier molecular flexibility index (Phi) is 3.28. The van der Waals surface area contributed by atoms with Gasteiger partial charge >= 0.3 is 0 Å². The second-order valence-electron chi connectivity index (χ2n) is 2.38. The summed E-state index contributed by atoms with van der Waals surface area (Å²) in [4.78, 5) is 42.5. The van der Waals surface area contributed by atoms with Crippen LogP contribution in [-0.4, -0.2) is 23.3 Å². The van der Waals surface area contributed by atoms with Crippen LogP contribution < -0.4 is 5.73 Å². The first kappa shape index (κ1) is 10.5. The van der Waals surface area contributed by atoms with Crippen LogP contribution in [0.25, 0.3) is 0 Å². The maximum absolute atomic E-state index is 10.8. The van der Waals surface area contributed by atoms with Crippen molar-refractivity contribution < 1.29 is 19.2 Å². The Morgan fingerprint density at radius 2 is 1.33 bits per heavy atom. The summed E-state index contributed by atoms with van der Waals surface area (Å²) in [5.41, 5.74) is 4.62. The lowest BCUT2D eigenvalue weighted by Crippen LogP contribution is -2.37. The van der Waals surface area contributed by atoms with E-state index in [1.807, 2.05) is 0 Å². The van der Waals surface area contributed by atoms with Crippen molar-refractivity contribution in [2.45, 2.75) is 13.8 Å². The SMILES string of the molecule is CC(=O)C(C(C)=O)C(=O)C(N)=O. The number of hydrogen-bond acceptors (Lipinski definition) is 4. The summed E-state index contributed by atoms with van der Waals surface area (Å²) < 4.78 is 0. The van der Waals surface area contributed by atoms with Crippen LogP contribution >= 0.6 is 0 Å². The monoisotopic (exact) mass is 171 g/mol. The molecule has 2 N–H and O–H groups in total. The number of carbonyl (C=O) groups excluding carboxylic acids is 4. The van der Waals surface area contributed by atoms with Crippen LogP contribution in [-0.2, 0) is 19.2 Å². The van der Waals surface area contributed by atoms with Gasteiger partial charge in [0, 0.05) is 0 Å². The molecule has 0 aromatic carbocycles. The number of hydrogen-bond donors (Lipinski definition) is 1. The molecule has 0 atom stereocenters. The number of Topliss-reactive ketones (excluding diaryl/α,β-unsaturated/α-hetero) is 3. The summed E-state index contributed by atoms with van der Waals surface area (Å²) in [6.45, 7) is 2.12. The molecule has 0 aromatic rings. The molecule has 5 nitrogen and oxygen atoms in total. The lowest BCUT2D eigenvalue weighted by molar-refractivity contribution is -0.145. The van der Waals surface area contributed by atoms with Crippen molar-refractivity contribution in [3.05, 3.63) is 0 Å². The summed E-state index contributed by atoms with van der Waals surface area (Å²) in [5, 5.41) is 0. The Balaban J connectivity index is 4.76. The van der Waals surface area contributed by atoms with E-state index in [4.69, 9.17) is 0 Å². The van der Waals surface area contributed by atoms with Gasteiger partial charge in [-0.05, 0) is 13.8 Å². The highest BCUT2D eigenvalue weighted by Crippen LogP contribution is 2.01. The molecular formula is C7H9NO4. The van der Waals surface area contributed by atoms with E-state index in [9.17, 15) is 19.2 Å². The topological polar surface area (TPSA) is 94.3 Å². The molecule has 0 saturated heterocycles. The minimum Gasteiger partial charge on any atom is -0.363 e. The summed E-state index contributed by atoms with van der Waals surface area (Å²) >= 11 is 0. The highest BCUT2D eigenvalue weighted by atomic mass is 16.2. The molecule has 0 aliphatic heterocycles. The number of ketones is 3. The standard InChI is InChI=1S/C7H9NO4/c1-3(9)5(4(2)10)6(11)7(8)12/h5H,1-2H3,(H2,8,12). The highest BCUT2D eigenvalue weighted by Gasteiger charge is 2.31. The van der Waals surface area contributed by atoms with Gasteiger partial charge in [0.15, 0.2) is 0 Å². The van der Waals surface area contributed by atoms with Gasteiger partial charge in [0.25, 0.3) is 5.91 Å². The van der Waals surface area contributed by atoms with Crippen LogP contribution in [0, 0.1) is 5.92 Å². The quantitative estimate of drug-likeness (QED) is 0.426. The molecule has 0 heterocycles. The molecule has 0 aliphatic rings. The second kappa shape index (κ2) is 3.75. The Morgan fingerprint density at radius 1 is 1.00 bits per heavy atom. The van der Waals surface area contributed by atoms with Gasteiger partial charge in [0.1, 0.15) is 17.5 Å². The van der Waals surface area contributed by atoms with E-state index >= 15 is 0 Å². The van der Waals surface area contributed by atoms with Crippen molar-refractivity contribution in [2.75, 3.05) is 0 Å². The molecule has 0 saturated carbocycles. The van der Waals surface area contributed by atoms with Crippen LogP contribution in [0.3, 0.4) is 0 Å². The predicted molar refractivity (Wildman–Crippen MR) is 39.1 cm³/mol. The van der Waals surface area contributed by atoms with Crippen LogP contribution in [0.5, 0.6) is 0 Å². The molecule has 0 rings (SSSR count). The zero-order chi connectivity index (χ0) is 9.89. The van der Waals surface area contributed by atoms with Crippen LogP contribution in [0.4, 0.5) is 0 Å². The number of carbonyl (C=O) groups is 4. The molecule has 0 aliphatic carbocycles. The Bertz CT molecular complexity index is 242. The van der Waals surface area contributed by atoms with Gasteiger partial charge in [-0.3, -0.25) is 19.2 Å². The first-order valence-corrected chi connectivity index (χ1v) is 3.22. The third kappa shape index (κ3) is 2.26. The fraction of sp³-hybridized carbons (Fsp3) is 0.429. The molecule has 0 aromatic heterocycles. The molecule has 1 amide bonds. The third-order valence-corrected chi connectivity index (χ3v) is 1.32. The van der Waals surface area contributed by atoms with E-state index in [0.29, 0.717) is 0 Å². The van der Waals surface area contributed by atoms with Gasteiger partial charge in [0.2, 0.25) is 5.78 Å². The molecule has 12 heavy (non-hydrogen) atoms. The van der Waals surface area contributed by atoms with Crippen molar-refractivity contribution in [3.8, 4) is 0 Å². The van der Waals surface area contributed by atoms with E-state index < -0.39 is 29.2 Å². The Hall–Kier alpha value is -1.52. The molecular weight excluding hydrogens is 162 g/mol. The normalized spacial score (nSPS) is 9.58. The van der Waals surface area contributed by atoms with Gasteiger partial charge < -0.3 is 5.73 Å². The predicted octanol–water partition coefficient (Wildman–Crippen LogP) is -1.17. The molecule has 0 fully saturated rings. The van der Waals surface area contributed by atoms with E-state index in [0.717, 1.165) is 13.8 Å². The van der Waals surface area contributed by atoms with Crippen molar-refractivity contribution >= 4 is 23.3 Å². The van der Waals surface area contributed by atoms with Gasteiger partial charge in [0.05, 0.1) is 0 Å². The molecule has 66 valence electrons. The molecule has 0 bridgehead atoms. The molecule has 0 radical (unpaired) electrons. The Morgan fingerprint density at radius 3 is 1.42 bits per heavy atom. The van der Waals surface area contributed by atoms with Gasteiger partial charge in [-0.1, -0.05) is 0 Å². The fourth-order valence-electron chi connectivity index (χ4n) is 0.798. The van der Waals surface area contributed by atoms with Crippen molar-refractivity contribution in [1.82, 2.24) is 0 Å². The van der Waals surface area contributed by atoms with E-state index in [-0.39, 0.29) is 0 Å². The second-order valence-corrected chi connectivity index (χ2v) is 2.38. The van der Waals surface area contributed by atoms with Gasteiger partial charge in [-0.15, -0.1) is 0 Å². The maximum Gasteiger partial charge on any atom is 0.286 e. The van der Waals surface area contributed by atoms with Crippen LogP contribution in [0.1, 0.15) is 13.8 Å². The minimum atomic E-state index is -1.51. The summed E-state index contributed by atoms with van der Waals surface area (Å²) in [6.07, 6.45) is 0. The number of rotatable bonds is 4. The number of amides is 1. The lowest BCUT2D eigenvalue weighted by atomic mass is 9.95.